The highest BCUT2D eigenvalue weighted by molar-refractivity contribution is 7.92. The third-order valence-electron chi connectivity index (χ3n) is 2.21. The molecule has 0 saturated heterocycles. The zero-order valence-electron chi connectivity index (χ0n) is 9.65. The molecule has 0 fully saturated rings. The summed E-state index contributed by atoms with van der Waals surface area (Å²) in [6.07, 6.45) is 1.26. The summed E-state index contributed by atoms with van der Waals surface area (Å²) < 4.78 is 65.5. The van der Waals surface area contributed by atoms with Crippen LogP contribution in [0.15, 0.2) is 39.6 Å². The molecule has 1 heterocycles. The van der Waals surface area contributed by atoms with E-state index < -0.39 is 35.7 Å². The lowest BCUT2D eigenvalue weighted by Gasteiger charge is -2.07. The fourth-order valence-electron chi connectivity index (χ4n) is 1.34. The van der Waals surface area contributed by atoms with Crippen molar-refractivity contribution in [1.82, 2.24) is 4.37 Å². The van der Waals surface area contributed by atoms with Crippen LogP contribution >= 0.6 is 11.5 Å². The Bertz CT molecular complexity index is 831. The van der Waals surface area contributed by atoms with Crippen molar-refractivity contribution in [2.75, 3.05) is 4.72 Å². The SMILES string of the molecule is NS(=O)(=O)c1ccc(S(=O)(=O)Nc2cnsc2)c(F)c1. The number of nitrogens with one attached hydrogen (secondary N) is 1. The van der Waals surface area contributed by atoms with Crippen molar-refractivity contribution in [1.29, 1.82) is 0 Å². The van der Waals surface area contributed by atoms with Crippen LogP contribution in [0.25, 0.3) is 0 Å². The first-order valence-corrected chi connectivity index (χ1v) is 8.81. The van der Waals surface area contributed by atoms with Crippen LogP contribution in [0, 0.1) is 5.82 Å². The summed E-state index contributed by atoms with van der Waals surface area (Å²) in [6.45, 7) is 0. The van der Waals surface area contributed by atoms with E-state index in [4.69, 9.17) is 5.14 Å². The number of primary sulfonamides is 1. The summed E-state index contributed by atoms with van der Waals surface area (Å²) in [5, 5.41) is 6.25. The Morgan fingerprint density at radius 2 is 1.95 bits per heavy atom. The van der Waals surface area contributed by atoms with E-state index >= 15 is 0 Å². The van der Waals surface area contributed by atoms with Gasteiger partial charge in [0.25, 0.3) is 10.0 Å². The molecule has 0 saturated carbocycles. The quantitative estimate of drug-likeness (QED) is 0.852. The maximum atomic E-state index is 13.8. The van der Waals surface area contributed by atoms with Crippen LogP contribution in [0.3, 0.4) is 0 Å². The van der Waals surface area contributed by atoms with Crippen LogP contribution in [0.5, 0.6) is 0 Å². The van der Waals surface area contributed by atoms with Crippen LogP contribution in [0.4, 0.5) is 10.1 Å². The maximum Gasteiger partial charge on any atom is 0.264 e. The van der Waals surface area contributed by atoms with Crippen molar-refractivity contribution in [2.24, 2.45) is 5.14 Å². The third kappa shape index (κ3) is 3.12. The second-order valence-electron chi connectivity index (χ2n) is 3.66. The monoisotopic (exact) mass is 337 g/mol. The zero-order valence-corrected chi connectivity index (χ0v) is 12.1. The number of halogens is 1. The van der Waals surface area contributed by atoms with Gasteiger partial charge in [-0.25, -0.2) is 26.4 Å². The number of aromatic nitrogens is 1. The van der Waals surface area contributed by atoms with Crippen molar-refractivity contribution in [3.63, 3.8) is 0 Å². The molecule has 0 amide bonds. The van der Waals surface area contributed by atoms with Crippen molar-refractivity contribution in [3.05, 3.63) is 35.6 Å². The lowest BCUT2D eigenvalue weighted by Crippen LogP contribution is -2.16. The Morgan fingerprint density at radius 3 is 2.45 bits per heavy atom. The van der Waals surface area contributed by atoms with E-state index in [9.17, 15) is 21.2 Å². The van der Waals surface area contributed by atoms with Gasteiger partial charge in [-0.1, -0.05) is 0 Å². The molecule has 3 N–H and O–H groups in total. The molecule has 2 aromatic rings. The second-order valence-corrected chi connectivity index (χ2v) is 7.53. The topological polar surface area (TPSA) is 119 Å². The minimum Gasteiger partial charge on any atom is -0.277 e. The Hall–Kier alpha value is -1.56. The summed E-state index contributed by atoms with van der Waals surface area (Å²) >= 11 is 1.02. The van der Waals surface area contributed by atoms with Gasteiger partial charge in [0.15, 0.2) is 0 Å². The summed E-state index contributed by atoms with van der Waals surface area (Å²) in [4.78, 5) is -1.19. The predicted molar refractivity (Wildman–Crippen MR) is 70.7 cm³/mol. The Balaban J connectivity index is 2.43. The molecule has 1 aromatic carbocycles. The van der Waals surface area contributed by atoms with Gasteiger partial charge in [0.05, 0.1) is 16.8 Å². The third-order valence-corrected chi connectivity index (χ3v) is 5.12. The van der Waals surface area contributed by atoms with Crippen molar-refractivity contribution in [2.45, 2.75) is 9.79 Å². The van der Waals surface area contributed by atoms with Gasteiger partial charge in [0.1, 0.15) is 10.7 Å². The molecule has 1 aromatic heterocycles. The first kappa shape index (κ1) is 14.8. The maximum absolute atomic E-state index is 13.8. The number of hydrogen-bond acceptors (Lipinski definition) is 6. The Labute approximate surface area is 118 Å². The molecule has 11 heteroatoms. The van der Waals surface area contributed by atoms with E-state index in [1.807, 2.05) is 0 Å². The standard InChI is InChI=1S/C9H8FN3O4S3/c10-8-3-7(19(11,14)15)1-2-9(8)20(16,17)13-6-4-12-18-5-6/h1-5,13H,(H2,11,14,15). The lowest BCUT2D eigenvalue weighted by atomic mass is 10.3. The van der Waals surface area contributed by atoms with E-state index in [1.165, 1.54) is 11.6 Å². The minimum absolute atomic E-state index is 0.185. The normalized spacial score (nSPS) is 12.3. The Kier molecular flexibility index (Phi) is 3.77. The fraction of sp³-hybridized carbons (Fsp3) is 0. The van der Waals surface area contributed by atoms with E-state index in [1.54, 1.807) is 0 Å². The van der Waals surface area contributed by atoms with Gasteiger partial charge in [-0.05, 0) is 29.7 Å². The lowest BCUT2D eigenvalue weighted by molar-refractivity contribution is 0.563. The predicted octanol–water partition coefficient (Wildman–Crippen LogP) is 0.730. The van der Waals surface area contributed by atoms with E-state index in [0.717, 1.165) is 23.7 Å². The smallest absolute Gasteiger partial charge is 0.264 e. The van der Waals surface area contributed by atoms with Gasteiger partial charge in [-0.15, -0.1) is 0 Å². The molecular weight excluding hydrogens is 329 g/mol. The number of nitrogens with zero attached hydrogens (tertiary/aromatic N) is 1. The van der Waals surface area contributed by atoms with Gasteiger partial charge in [-0.3, -0.25) is 4.72 Å². The molecule has 0 spiro atoms. The average molecular weight is 337 g/mol. The number of sulfonamides is 2. The van der Waals surface area contributed by atoms with Crippen LogP contribution in [-0.2, 0) is 20.0 Å². The summed E-state index contributed by atoms with van der Waals surface area (Å²) in [6, 6.07) is 2.30. The molecule has 7 nitrogen and oxygen atoms in total. The van der Waals surface area contributed by atoms with Crippen molar-refractivity contribution < 1.29 is 21.2 Å². The van der Waals surface area contributed by atoms with E-state index in [-0.39, 0.29) is 5.69 Å². The highest BCUT2D eigenvalue weighted by Gasteiger charge is 2.21. The molecule has 0 aliphatic heterocycles. The van der Waals surface area contributed by atoms with Crippen LogP contribution in [0.2, 0.25) is 0 Å². The van der Waals surface area contributed by atoms with E-state index in [2.05, 4.69) is 9.10 Å². The van der Waals surface area contributed by atoms with Gasteiger partial charge < -0.3 is 0 Å². The molecule has 0 bridgehead atoms. The fourth-order valence-corrected chi connectivity index (χ4v) is 3.51. The highest BCUT2D eigenvalue weighted by atomic mass is 32.2. The molecule has 108 valence electrons. The number of nitrogens with two attached hydrogens (primary N) is 1. The highest BCUT2D eigenvalue weighted by Crippen LogP contribution is 2.21. The first-order valence-electron chi connectivity index (χ1n) is 4.95. The number of anilines is 1. The molecule has 20 heavy (non-hydrogen) atoms. The molecular formula is C9H8FN3O4S3. The van der Waals surface area contributed by atoms with Crippen LogP contribution in [0.1, 0.15) is 0 Å². The van der Waals surface area contributed by atoms with E-state index in [0.29, 0.717) is 6.07 Å². The zero-order chi connectivity index (χ0) is 15.0. The summed E-state index contributed by atoms with van der Waals surface area (Å²) in [5.41, 5.74) is 0.185. The molecule has 0 atom stereocenters. The molecule has 0 aliphatic rings. The molecule has 0 radical (unpaired) electrons. The second kappa shape index (κ2) is 5.09. The van der Waals surface area contributed by atoms with Crippen LogP contribution in [-0.4, -0.2) is 21.2 Å². The van der Waals surface area contributed by atoms with Crippen molar-refractivity contribution >= 4 is 37.3 Å². The Morgan fingerprint density at radius 1 is 1.25 bits per heavy atom. The molecule has 2 rings (SSSR count). The van der Waals surface area contributed by atoms with Gasteiger partial charge in [0, 0.05) is 5.38 Å². The number of rotatable bonds is 4. The van der Waals surface area contributed by atoms with Crippen molar-refractivity contribution in [3.8, 4) is 0 Å². The largest absolute Gasteiger partial charge is 0.277 e. The average Bonchev–Trinajstić information content (AvgIpc) is 2.79. The number of benzene rings is 1. The van der Waals surface area contributed by atoms with Gasteiger partial charge in [0.2, 0.25) is 10.0 Å². The van der Waals surface area contributed by atoms with Gasteiger partial charge in [-0.2, -0.15) is 4.37 Å². The summed E-state index contributed by atoms with van der Waals surface area (Å²) in [7, 11) is -8.27. The number of hydrogen-bond donors (Lipinski definition) is 2. The van der Waals surface area contributed by atoms with Crippen LogP contribution < -0.4 is 9.86 Å². The minimum atomic E-state index is -4.17. The van der Waals surface area contributed by atoms with Gasteiger partial charge >= 0.3 is 0 Å². The summed E-state index contributed by atoms with van der Waals surface area (Å²) in [5.74, 6) is -1.22. The first-order chi connectivity index (χ1) is 9.20. The molecule has 0 unspecified atom stereocenters. The molecule has 0 aliphatic carbocycles.